The van der Waals surface area contributed by atoms with Gasteiger partial charge in [0.25, 0.3) is 0 Å². The predicted molar refractivity (Wildman–Crippen MR) is 91.4 cm³/mol. The van der Waals surface area contributed by atoms with E-state index in [1.54, 1.807) is 0 Å². The molecule has 0 aliphatic heterocycles. The standard InChI is InChI=1S/C17H13N3O3S/c1-10-6-16-18-19-17(20(16)13-5-3-2-4-12(10)13)24-9-11-7-14(21)15(22)8-23-11/h2-8,22H,9H2,1H3. The summed E-state index contributed by atoms with van der Waals surface area (Å²) in [7, 11) is 0. The molecule has 1 aromatic carbocycles. The summed E-state index contributed by atoms with van der Waals surface area (Å²) in [6, 6.07) is 11.4. The van der Waals surface area contributed by atoms with Crippen LogP contribution in [0.2, 0.25) is 0 Å². The molecule has 0 saturated carbocycles. The van der Waals surface area contributed by atoms with Gasteiger partial charge in [-0.3, -0.25) is 9.20 Å². The van der Waals surface area contributed by atoms with Crippen LogP contribution < -0.4 is 5.43 Å². The molecule has 0 spiro atoms. The normalized spacial score (nSPS) is 11.4. The van der Waals surface area contributed by atoms with E-state index in [0.717, 1.165) is 33.5 Å². The summed E-state index contributed by atoms with van der Waals surface area (Å²) in [6.45, 7) is 2.05. The summed E-state index contributed by atoms with van der Waals surface area (Å²) in [4.78, 5) is 11.5. The Hall–Kier alpha value is -2.80. The molecule has 0 radical (unpaired) electrons. The van der Waals surface area contributed by atoms with Crippen molar-refractivity contribution in [1.82, 2.24) is 14.6 Å². The van der Waals surface area contributed by atoms with E-state index in [9.17, 15) is 9.90 Å². The predicted octanol–water partition coefficient (Wildman–Crippen LogP) is 3.14. The molecule has 7 heteroatoms. The van der Waals surface area contributed by atoms with Crippen LogP contribution in [0.3, 0.4) is 0 Å². The van der Waals surface area contributed by atoms with Crippen molar-refractivity contribution in [1.29, 1.82) is 0 Å². The van der Waals surface area contributed by atoms with Crippen molar-refractivity contribution in [2.24, 2.45) is 0 Å². The van der Waals surface area contributed by atoms with Gasteiger partial charge in [-0.1, -0.05) is 30.0 Å². The molecule has 0 saturated heterocycles. The Balaban J connectivity index is 1.76. The molecule has 120 valence electrons. The first-order valence-electron chi connectivity index (χ1n) is 7.30. The number of hydrogen-bond donors (Lipinski definition) is 1. The number of hydrogen-bond acceptors (Lipinski definition) is 6. The van der Waals surface area contributed by atoms with Gasteiger partial charge in [0, 0.05) is 11.5 Å². The van der Waals surface area contributed by atoms with Gasteiger partial charge in [0.05, 0.1) is 11.3 Å². The quantitative estimate of drug-likeness (QED) is 0.578. The van der Waals surface area contributed by atoms with Crippen LogP contribution >= 0.6 is 11.8 Å². The van der Waals surface area contributed by atoms with Crippen molar-refractivity contribution in [3.8, 4) is 5.75 Å². The van der Waals surface area contributed by atoms with Crippen LogP contribution in [0.15, 0.2) is 57.0 Å². The summed E-state index contributed by atoms with van der Waals surface area (Å²) in [5.41, 5.74) is 2.50. The molecule has 0 aliphatic rings. The smallest absolute Gasteiger partial charge is 0.226 e. The minimum absolute atomic E-state index is 0.391. The Bertz CT molecular complexity index is 1120. The maximum Gasteiger partial charge on any atom is 0.226 e. The van der Waals surface area contributed by atoms with E-state index in [1.807, 2.05) is 28.7 Å². The van der Waals surface area contributed by atoms with Crippen LogP contribution in [-0.4, -0.2) is 19.7 Å². The highest BCUT2D eigenvalue weighted by molar-refractivity contribution is 7.98. The number of para-hydroxylation sites is 1. The first kappa shape index (κ1) is 14.8. The van der Waals surface area contributed by atoms with Gasteiger partial charge in [-0.05, 0) is 24.6 Å². The number of aromatic nitrogens is 3. The van der Waals surface area contributed by atoms with E-state index >= 15 is 0 Å². The molecule has 0 amide bonds. The van der Waals surface area contributed by atoms with Crippen molar-refractivity contribution in [3.63, 3.8) is 0 Å². The van der Waals surface area contributed by atoms with Crippen molar-refractivity contribution in [2.75, 3.05) is 0 Å². The van der Waals surface area contributed by atoms with Crippen LogP contribution in [0, 0.1) is 6.92 Å². The number of aromatic hydroxyl groups is 1. The van der Waals surface area contributed by atoms with Crippen molar-refractivity contribution in [3.05, 3.63) is 64.2 Å². The van der Waals surface area contributed by atoms with Crippen LogP contribution in [0.25, 0.3) is 16.6 Å². The largest absolute Gasteiger partial charge is 0.502 e. The molecule has 0 bridgehead atoms. The third-order valence-corrected chi connectivity index (χ3v) is 4.74. The van der Waals surface area contributed by atoms with E-state index < -0.39 is 11.2 Å². The Morgan fingerprint density at radius 2 is 2.08 bits per heavy atom. The molecule has 0 unspecified atom stereocenters. The third-order valence-electron chi connectivity index (χ3n) is 3.78. The highest BCUT2D eigenvalue weighted by Gasteiger charge is 2.12. The molecule has 1 N–H and O–H groups in total. The summed E-state index contributed by atoms with van der Waals surface area (Å²) in [6.07, 6.45) is 1.05. The van der Waals surface area contributed by atoms with E-state index in [-0.39, 0.29) is 0 Å². The minimum atomic E-state index is -0.455. The summed E-state index contributed by atoms with van der Waals surface area (Å²) < 4.78 is 7.22. The van der Waals surface area contributed by atoms with Gasteiger partial charge >= 0.3 is 0 Å². The maximum absolute atomic E-state index is 11.5. The third kappa shape index (κ3) is 2.43. The number of fused-ring (bicyclic) bond motifs is 3. The Morgan fingerprint density at radius 3 is 2.92 bits per heavy atom. The Kier molecular flexibility index (Phi) is 3.50. The van der Waals surface area contributed by atoms with Crippen LogP contribution in [0.5, 0.6) is 5.75 Å². The van der Waals surface area contributed by atoms with Crippen molar-refractivity contribution >= 4 is 28.3 Å². The number of thioether (sulfide) groups is 1. The van der Waals surface area contributed by atoms with Gasteiger partial charge in [0.2, 0.25) is 5.43 Å². The second kappa shape index (κ2) is 5.68. The Labute approximate surface area is 140 Å². The molecule has 3 aromatic heterocycles. The van der Waals surface area contributed by atoms with Gasteiger partial charge in [-0.25, -0.2) is 0 Å². The topological polar surface area (TPSA) is 80.6 Å². The van der Waals surface area contributed by atoms with Crippen LogP contribution in [0.4, 0.5) is 0 Å². The van der Waals surface area contributed by atoms with Gasteiger partial charge in [0.15, 0.2) is 16.6 Å². The zero-order chi connectivity index (χ0) is 16.7. The summed E-state index contributed by atoms with van der Waals surface area (Å²) in [5.74, 6) is 0.493. The molecular formula is C17H13N3O3S. The molecule has 0 fully saturated rings. The average Bonchev–Trinajstić information content (AvgIpc) is 2.99. The van der Waals surface area contributed by atoms with Crippen molar-refractivity contribution in [2.45, 2.75) is 17.8 Å². The first-order valence-corrected chi connectivity index (χ1v) is 8.29. The number of rotatable bonds is 3. The van der Waals surface area contributed by atoms with E-state index in [4.69, 9.17) is 4.42 Å². The zero-order valence-corrected chi connectivity index (χ0v) is 13.6. The summed E-state index contributed by atoms with van der Waals surface area (Å²) in [5, 5.41) is 19.6. The monoisotopic (exact) mass is 339 g/mol. The average molecular weight is 339 g/mol. The number of benzene rings is 1. The molecule has 24 heavy (non-hydrogen) atoms. The fraction of sp³-hybridized carbons (Fsp3) is 0.118. The van der Waals surface area contributed by atoms with Crippen molar-refractivity contribution < 1.29 is 9.52 Å². The SMILES string of the molecule is Cc1cc2nnc(SCc3cc(=O)c(O)co3)n2c2ccccc12. The highest BCUT2D eigenvalue weighted by atomic mass is 32.2. The zero-order valence-electron chi connectivity index (χ0n) is 12.8. The highest BCUT2D eigenvalue weighted by Crippen LogP contribution is 2.27. The maximum atomic E-state index is 11.5. The second-order valence-corrected chi connectivity index (χ2v) is 6.35. The molecule has 4 rings (SSSR count). The van der Waals surface area contributed by atoms with Crippen LogP contribution in [-0.2, 0) is 5.75 Å². The molecule has 4 aromatic rings. The van der Waals surface area contributed by atoms with Gasteiger partial charge in [-0.15, -0.1) is 10.2 Å². The molecule has 3 heterocycles. The van der Waals surface area contributed by atoms with E-state index in [1.165, 1.54) is 17.8 Å². The second-order valence-electron chi connectivity index (χ2n) is 5.41. The van der Waals surface area contributed by atoms with E-state index in [2.05, 4.69) is 23.2 Å². The lowest BCUT2D eigenvalue weighted by Gasteiger charge is -2.07. The van der Waals surface area contributed by atoms with Gasteiger partial charge in [-0.2, -0.15) is 0 Å². The lowest BCUT2D eigenvalue weighted by atomic mass is 10.1. The number of aryl methyl sites for hydroxylation is 1. The number of pyridine rings is 1. The van der Waals surface area contributed by atoms with E-state index in [0.29, 0.717) is 11.5 Å². The van der Waals surface area contributed by atoms with Gasteiger partial charge in [0.1, 0.15) is 12.0 Å². The fourth-order valence-electron chi connectivity index (χ4n) is 2.62. The first-order chi connectivity index (χ1) is 11.6. The molecule has 6 nitrogen and oxygen atoms in total. The number of nitrogens with zero attached hydrogens (tertiary/aromatic N) is 3. The van der Waals surface area contributed by atoms with Crippen LogP contribution in [0.1, 0.15) is 11.3 Å². The summed E-state index contributed by atoms with van der Waals surface area (Å²) >= 11 is 1.42. The molecular weight excluding hydrogens is 326 g/mol. The molecule has 0 aliphatic carbocycles. The molecule has 0 atom stereocenters. The lowest BCUT2D eigenvalue weighted by molar-refractivity contribution is 0.419. The minimum Gasteiger partial charge on any atom is -0.502 e. The Morgan fingerprint density at radius 1 is 1.25 bits per heavy atom. The fourth-order valence-corrected chi connectivity index (χ4v) is 3.47. The van der Waals surface area contributed by atoms with Gasteiger partial charge < -0.3 is 9.52 Å². The lowest BCUT2D eigenvalue weighted by Crippen LogP contribution is -1.99.